The predicted octanol–water partition coefficient (Wildman–Crippen LogP) is 3.84. The molecule has 0 atom stereocenters. The molecular formula is C15H16FNO. The number of hydrogen-bond acceptors (Lipinski definition) is 2. The van der Waals surface area contributed by atoms with Gasteiger partial charge < -0.3 is 10.1 Å². The lowest BCUT2D eigenvalue weighted by Gasteiger charge is -2.12. The zero-order valence-electron chi connectivity index (χ0n) is 10.3. The van der Waals surface area contributed by atoms with Crippen molar-refractivity contribution in [3.63, 3.8) is 0 Å². The van der Waals surface area contributed by atoms with Crippen molar-refractivity contribution in [2.45, 2.75) is 13.5 Å². The van der Waals surface area contributed by atoms with E-state index in [2.05, 4.69) is 5.32 Å². The smallest absolute Gasteiger partial charge is 0.142 e. The molecule has 0 saturated heterocycles. The first kappa shape index (κ1) is 12.4. The van der Waals surface area contributed by atoms with E-state index in [0.29, 0.717) is 13.2 Å². The predicted molar refractivity (Wildman–Crippen MR) is 71.3 cm³/mol. The van der Waals surface area contributed by atoms with Crippen LogP contribution in [0.5, 0.6) is 5.75 Å². The van der Waals surface area contributed by atoms with Gasteiger partial charge in [0.05, 0.1) is 12.3 Å². The van der Waals surface area contributed by atoms with Crippen LogP contribution in [-0.2, 0) is 6.54 Å². The van der Waals surface area contributed by atoms with E-state index in [1.54, 1.807) is 12.1 Å². The second-order valence-corrected chi connectivity index (χ2v) is 3.91. The normalized spacial score (nSPS) is 10.1. The molecule has 0 radical (unpaired) electrons. The van der Waals surface area contributed by atoms with Gasteiger partial charge in [-0.15, -0.1) is 0 Å². The Morgan fingerprint density at radius 1 is 1.06 bits per heavy atom. The maximum Gasteiger partial charge on any atom is 0.142 e. The van der Waals surface area contributed by atoms with E-state index in [9.17, 15) is 4.39 Å². The lowest BCUT2D eigenvalue weighted by molar-refractivity contribution is 0.341. The molecule has 0 aromatic heterocycles. The number of hydrogen-bond donors (Lipinski definition) is 1. The van der Waals surface area contributed by atoms with Crippen molar-refractivity contribution in [2.75, 3.05) is 11.9 Å². The zero-order chi connectivity index (χ0) is 12.8. The summed E-state index contributed by atoms with van der Waals surface area (Å²) >= 11 is 0. The Hall–Kier alpha value is -2.03. The molecule has 2 rings (SSSR count). The van der Waals surface area contributed by atoms with Crippen LogP contribution in [0, 0.1) is 5.82 Å². The van der Waals surface area contributed by atoms with Gasteiger partial charge in [-0.1, -0.05) is 24.3 Å². The maximum atomic E-state index is 12.8. The Balaban J connectivity index is 2.03. The molecule has 1 N–H and O–H groups in total. The van der Waals surface area contributed by atoms with E-state index in [1.807, 2.05) is 31.2 Å². The third kappa shape index (κ3) is 3.23. The SMILES string of the molecule is CCOc1ccccc1NCc1ccc(F)cc1. The highest BCUT2D eigenvalue weighted by Crippen LogP contribution is 2.24. The van der Waals surface area contributed by atoms with Crippen LogP contribution in [0.3, 0.4) is 0 Å². The van der Waals surface area contributed by atoms with Gasteiger partial charge in [0.2, 0.25) is 0 Å². The van der Waals surface area contributed by atoms with Gasteiger partial charge >= 0.3 is 0 Å². The molecule has 2 nitrogen and oxygen atoms in total. The highest BCUT2D eigenvalue weighted by molar-refractivity contribution is 5.56. The van der Waals surface area contributed by atoms with Crippen LogP contribution in [0.4, 0.5) is 10.1 Å². The zero-order valence-corrected chi connectivity index (χ0v) is 10.3. The van der Waals surface area contributed by atoms with Crippen LogP contribution in [0.1, 0.15) is 12.5 Å². The van der Waals surface area contributed by atoms with Crippen molar-refractivity contribution in [3.8, 4) is 5.75 Å². The van der Waals surface area contributed by atoms with Crippen molar-refractivity contribution in [1.82, 2.24) is 0 Å². The molecule has 3 heteroatoms. The molecule has 0 aliphatic heterocycles. The number of anilines is 1. The molecule has 0 spiro atoms. The molecule has 0 fully saturated rings. The minimum Gasteiger partial charge on any atom is -0.492 e. The summed E-state index contributed by atoms with van der Waals surface area (Å²) in [6.07, 6.45) is 0. The van der Waals surface area contributed by atoms with E-state index >= 15 is 0 Å². The average Bonchev–Trinajstić information content (AvgIpc) is 2.40. The summed E-state index contributed by atoms with van der Waals surface area (Å²) in [7, 11) is 0. The van der Waals surface area contributed by atoms with Gasteiger partial charge in [0.15, 0.2) is 0 Å². The number of rotatable bonds is 5. The van der Waals surface area contributed by atoms with Crippen LogP contribution in [0.15, 0.2) is 48.5 Å². The molecule has 2 aromatic rings. The molecular weight excluding hydrogens is 229 g/mol. The Labute approximate surface area is 106 Å². The van der Waals surface area contributed by atoms with Crippen LogP contribution >= 0.6 is 0 Å². The average molecular weight is 245 g/mol. The fourth-order valence-corrected chi connectivity index (χ4v) is 1.69. The minimum absolute atomic E-state index is 0.214. The topological polar surface area (TPSA) is 21.3 Å². The van der Waals surface area contributed by atoms with Crippen LogP contribution < -0.4 is 10.1 Å². The van der Waals surface area contributed by atoms with Crippen molar-refractivity contribution in [2.24, 2.45) is 0 Å². The summed E-state index contributed by atoms with van der Waals surface area (Å²) in [5.41, 5.74) is 1.98. The minimum atomic E-state index is -0.214. The molecule has 18 heavy (non-hydrogen) atoms. The van der Waals surface area contributed by atoms with Crippen molar-refractivity contribution >= 4 is 5.69 Å². The van der Waals surface area contributed by atoms with Crippen LogP contribution in [-0.4, -0.2) is 6.61 Å². The molecule has 94 valence electrons. The van der Waals surface area contributed by atoms with E-state index in [-0.39, 0.29) is 5.82 Å². The van der Waals surface area contributed by atoms with E-state index < -0.39 is 0 Å². The Morgan fingerprint density at radius 3 is 2.50 bits per heavy atom. The van der Waals surface area contributed by atoms with Gasteiger partial charge in [0.25, 0.3) is 0 Å². The lowest BCUT2D eigenvalue weighted by Crippen LogP contribution is -2.02. The van der Waals surface area contributed by atoms with E-state index in [1.165, 1.54) is 12.1 Å². The van der Waals surface area contributed by atoms with Gasteiger partial charge in [-0.05, 0) is 36.8 Å². The standard InChI is InChI=1S/C15H16FNO/c1-2-18-15-6-4-3-5-14(15)17-11-12-7-9-13(16)10-8-12/h3-10,17H,2,11H2,1H3. The van der Waals surface area contributed by atoms with Gasteiger partial charge in [-0.2, -0.15) is 0 Å². The number of halogens is 1. The van der Waals surface area contributed by atoms with Gasteiger partial charge in [0.1, 0.15) is 11.6 Å². The van der Waals surface area contributed by atoms with Crippen LogP contribution in [0.2, 0.25) is 0 Å². The molecule has 0 aliphatic rings. The molecule has 0 aliphatic carbocycles. The molecule has 0 saturated carbocycles. The third-order valence-corrected chi connectivity index (χ3v) is 2.58. The van der Waals surface area contributed by atoms with E-state index in [0.717, 1.165) is 17.0 Å². The molecule has 0 heterocycles. The summed E-state index contributed by atoms with van der Waals surface area (Å²) in [5.74, 6) is 0.621. The Kier molecular flexibility index (Phi) is 4.18. The molecule has 2 aromatic carbocycles. The number of para-hydroxylation sites is 2. The van der Waals surface area contributed by atoms with Gasteiger partial charge in [0, 0.05) is 6.54 Å². The first-order valence-electron chi connectivity index (χ1n) is 5.99. The quantitative estimate of drug-likeness (QED) is 0.864. The second kappa shape index (κ2) is 6.05. The Morgan fingerprint density at radius 2 is 1.78 bits per heavy atom. The van der Waals surface area contributed by atoms with Gasteiger partial charge in [-0.3, -0.25) is 0 Å². The first-order valence-corrected chi connectivity index (χ1v) is 5.99. The largest absolute Gasteiger partial charge is 0.492 e. The molecule has 0 amide bonds. The summed E-state index contributed by atoms with van der Waals surface area (Å²) in [6, 6.07) is 14.3. The fourth-order valence-electron chi connectivity index (χ4n) is 1.69. The van der Waals surface area contributed by atoms with Crippen molar-refractivity contribution in [3.05, 3.63) is 59.9 Å². The maximum absolute atomic E-state index is 12.8. The second-order valence-electron chi connectivity index (χ2n) is 3.91. The number of nitrogens with one attached hydrogen (secondary N) is 1. The van der Waals surface area contributed by atoms with Crippen molar-refractivity contribution in [1.29, 1.82) is 0 Å². The summed E-state index contributed by atoms with van der Waals surface area (Å²) in [6.45, 7) is 3.23. The fraction of sp³-hybridized carbons (Fsp3) is 0.200. The third-order valence-electron chi connectivity index (χ3n) is 2.58. The van der Waals surface area contributed by atoms with E-state index in [4.69, 9.17) is 4.74 Å². The monoisotopic (exact) mass is 245 g/mol. The molecule has 0 bridgehead atoms. The molecule has 0 unspecified atom stereocenters. The number of ether oxygens (including phenoxy) is 1. The van der Waals surface area contributed by atoms with Gasteiger partial charge in [-0.25, -0.2) is 4.39 Å². The summed E-state index contributed by atoms with van der Waals surface area (Å²) in [4.78, 5) is 0. The summed E-state index contributed by atoms with van der Waals surface area (Å²) < 4.78 is 18.3. The summed E-state index contributed by atoms with van der Waals surface area (Å²) in [5, 5.41) is 3.29. The van der Waals surface area contributed by atoms with Crippen LogP contribution in [0.25, 0.3) is 0 Å². The van der Waals surface area contributed by atoms with Crippen molar-refractivity contribution < 1.29 is 9.13 Å². The highest BCUT2D eigenvalue weighted by atomic mass is 19.1. The number of benzene rings is 2. The first-order chi connectivity index (χ1) is 8.79. The Bertz CT molecular complexity index is 496. The lowest BCUT2D eigenvalue weighted by atomic mass is 10.2. The highest BCUT2D eigenvalue weighted by Gasteiger charge is 2.01.